The molecule has 1 aliphatic heterocycles. The van der Waals surface area contributed by atoms with Gasteiger partial charge in [-0.05, 0) is 12.0 Å². The van der Waals surface area contributed by atoms with Crippen LogP contribution in [0.3, 0.4) is 0 Å². The Morgan fingerprint density at radius 2 is 1.71 bits per heavy atom. The summed E-state index contributed by atoms with van der Waals surface area (Å²) < 4.78 is 26.0. The molecule has 1 heterocycles. The molecule has 1 amide bonds. The van der Waals surface area contributed by atoms with Crippen LogP contribution in [0.4, 0.5) is 0 Å². The number of amides is 1. The van der Waals surface area contributed by atoms with E-state index in [-0.39, 0.29) is 11.7 Å². The fourth-order valence-electron chi connectivity index (χ4n) is 2.34. The van der Waals surface area contributed by atoms with Gasteiger partial charge in [-0.3, -0.25) is 4.79 Å². The van der Waals surface area contributed by atoms with Crippen molar-refractivity contribution in [2.75, 3.05) is 38.5 Å². The number of benzene rings is 1. The Morgan fingerprint density at radius 3 is 2.29 bits per heavy atom. The molecule has 0 aromatic heterocycles. The van der Waals surface area contributed by atoms with Crippen molar-refractivity contribution >= 4 is 15.9 Å². The molecule has 7 heteroatoms. The lowest BCUT2D eigenvalue weighted by atomic mass is 10.2. The van der Waals surface area contributed by atoms with Crippen LogP contribution in [0.1, 0.15) is 5.56 Å². The summed E-state index contributed by atoms with van der Waals surface area (Å²) in [5, 5.41) is 8.80. The Hall–Kier alpha value is -1.44. The van der Waals surface area contributed by atoms with Crippen molar-refractivity contribution in [3.63, 3.8) is 0 Å². The molecule has 1 aromatic rings. The van der Waals surface area contributed by atoms with Gasteiger partial charge in [-0.2, -0.15) is 4.31 Å². The molecule has 0 unspecified atom stereocenters. The van der Waals surface area contributed by atoms with Gasteiger partial charge in [-0.1, -0.05) is 30.3 Å². The topological polar surface area (TPSA) is 77.9 Å². The molecule has 6 nitrogen and oxygen atoms in total. The number of nitrogens with zero attached hydrogens (tertiary/aromatic N) is 2. The van der Waals surface area contributed by atoms with E-state index in [1.165, 1.54) is 9.21 Å². The number of carbonyl (C=O) groups excluding carboxylic acids is 1. The molecule has 1 aromatic carbocycles. The van der Waals surface area contributed by atoms with E-state index in [1.54, 1.807) is 0 Å². The van der Waals surface area contributed by atoms with Crippen LogP contribution in [0.15, 0.2) is 30.3 Å². The molecule has 116 valence electrons. The van der Waals surface area contributed by atoms with E-state index in [2.05, 4.69) is 0 Å². The number of hydrogen-bond donors (Lipinski definition) is 1. The SMILES string of the molecule is O=C(CO)N1CCN(S(=O)(=O)CCc2ccccc2)CC1. The van der Waals surface area contributed by atoms with E-state index >= 15 is 0 Å². The molecule has 0 bridgehead atoms. The minimum Gasteiger partial charge on any atom is -0.387 e. The van der Waals surface area contributed by atoms with Gasteiger partial charge in [0.05, 0.1) is 5.75 Å². The summed E-state index contributed by atoms with van der Waals surface area (Å²) in [7, 11) is -3.30. The van der Waals surface area contributed by atoms with Crippen LogP contribution in [-0.2, 0) is 21.2 Å². The summed E-state index contributed by atoms with van der Waals surface area (Å²) in [6, 6.07) is 9.50. The summed E-state index contributed by atoms with van der Waals surface area (Å²) in [6.45, 7) is 0.737. The van der Waals surface area contributed by atoms with Crippen LogP contribution in [-0.4, -0.2) is 67.2 Å². The minimum absolute atomic E-state index is 0.0744. The van der Waals surface area contributed by atoms with E-state index in [4.69, 9.17) is 5.11 Å². The summed E-state index contributed by atoms with van der Waals surface area (Å²) in [4.78, 5) is 12.8. The Kier molecular flexibility index (Phi) is 5.33. The van der Waals surface area contributed by atoms with Gasteiger partial charge in [0.1, 0.15) is 6.61 Å². The molecule has 0 aliphatic carbocycles. The molecule has 0 atom stereocenters. The molecule has 1 aliphatic rings. The predicted octanol–water partition coefficient (Wildman–Crippen LogP) is -0.305. The average Bonchev–Trinajstić information content (AvgIpc) is 2.53. The normalized spacial score (nSPS) is 16.9. The number of aliphatic hydroxyl groups is 1. The number of hydrogen-bond acceptors (Lipinski definition) is 4. The molecular formula is C14H20N2O4S. The van der Waals surface area contributed by atoms with E-state index in [0.717, 1.165) is 5.56 Å². The van der Waals surface area contributed by atoms with Crippen LogP contribution in [0.2, 0.25) is 0 Å². The zero-order valence-corrected chi connectivity index (χ0v) is 12.6. The number of carbonyl (C=O) groups is 1. The molecule has 0 radical (unpaired) electrons. The zero-order chi connectivity index (χ0) is 15.3. The maximum absolute atomic E-state index is 12.3. The van der Waals surface area contributed by atoms with Gasteiger partial charge in [-0.25, -0.2) is 8.42 Å². The lowest BCUT2D eigenvalue weighted by Gasteiger charge is -2.33. The van der Waals surface area contributed by atoms with Crippen LogP contribution in [0, 0.1) is 0 Å². The van der Waals surface area contributed by atoms with Gasteiger partial charge >= 0.3 is 0 Å². The molecule has 1 saturated heterocycles. The molecular weight excluding hydrogens is 292 g/mol. The number of aryl methyl sites for hydroxylation is 1. The number of rotatable bonds is 5. The van der Waals surface area contributed by atoms with Crippen LogP contribution in [0.5, 0.6) is 0 Å². The van der Waals surface area contributed by atoms with Crippen molar-refractivity contribution in [1.82, 2.24) is 9.21 Å². The Morgan fingerprint density at radius 1 is 1.10 bits per heavy atom. The molecule has 0 spiro atoms. The van der Waals surface area contributed by atoms with Gasteiger partial charge in [-0.15, -0.1) is 0 Å². The molecule has 1 fully saturated rings. The number of piperazine rings is 1. The minimum atomic E-state index is -3.30. The first-order valence-corrected chi connectivity index (χ1v) is 8.54. The fourth-order valence-corrected chi connectivity index (χ4v) is 3.81. The second kappa shape index (κ2) is 7.02. The lowest BCUT2D eigenvalue weighted by Crippen LogP contribution is -2.51. The van der Waals surface area contributed by atoms with E-state index in [9.17, 15) is 13.2 Å². The van der Waals surface area contributed by atoms with Crippen LogP contribution in [0.25, 0.3) is 0 Å². The van der Waals surface area contributed by atoms with Crippen molar-refractivity contribution in [3.8, 4) is 0 Å². The average molecular weight is 312 g/mol. The molecule has 21 heavy (non-hydrogen) atoms. The highest BCUT2D eigenvalue weighted by Gasteiger charge is 2.28. The largest absolute Gasteiger partial charge is 0.387 e. The first-order valence-electron chi connectivity index (χ1n) is 6.93. The quantitative estimate of drug-likeness (QED) is 0.809. The second-order valence-corrected chi connectivity index (χ2v) is 7.08. The van der Waals surface area contributed by atoms with E-state index in [1.807, 2.05) is 30.3 Å². The Bertz CT molecular complexity index is 566. The first kappa shape index (κ1) is 15.9. The molecule has 2 rings (SSSR count). The van der Waals surface area contributed by atoms with Crippen molar-refractivity contribution < 1.29 is 18.3 Å². The van der Waals surface area contributed by atoms with Crippen molar-refractivity contribution in [1.29, 1.82) is 0 Å². The summed E-state index contributed by atoms with van der Waals surface area (Å²) in [5.74, 6) is -0.276. The Balaban J connectivity index is 1.88. The van der Waals surface area contributed by atoms with Gasteiger partial charge in [0.15, 0.2) is 0 Å². The molecule has 0 saturated carbocycles. The van der Waals surface area contributed by atoms with Crippen LogP contribution < -0.4 is 0 Å². The highest BCUT2D eigenvalue weighted by Crippen LogP contribution is 2.10. The van der Waals surface area contributed by atoms with Gasteiger partial charge < -0.3 is 10.0 Å². The fraction of sp³-hybridized carbons (Fsp3) is 0.500. The highest BCUT2D eigenvalue weighted by atomic mass is 32.2. The third-order valence-corrected chi connectivity index (χ3v) is 5.48. The lowest BCUT2D eigenvalue weighted by molar-refractivity contribution is -0.135. The third kappa shape index (κ3) is 4.26. The van der Waals surface area contributed by atoms with Gasteiger partial charge in [0.25, 0.3) is 0 Å². The monoisotopic (exact) mass is 312 g/mol. The highest BCUT2D eigenvalue weighted by molar-refractivity contribution is 7.89. The van der Waals surface area contributed by atoms with Crippen molar-refractivity contribution in [2.24, 2.45) is 0 Å². The van der Waals surface area contributed by atoms with E-state index < -0.39 is 16.6 Å². The zero-order valence-electron chi connectivity index (χ0n) is 11.8. The molecule has 1 N–H and O–H groups in total. The number of sulfonamides is 1. The van der Waals surface area contributed by atoms with E-state index in [0.29, 0.717) is 32.6 Å². The standard InChI is InChI=1S/C14H20N2O4S/c17-12-14(18)15-7-9-16(10-8-15)21(19,20)11-6-13-4-2-1-3-5-13/h1-5,17H,6-12H2. The second-order valence-electron chi connectivity index (χ2n) is 4.99. The summed E-state index contributed by atoms with van der Waals surface area (Å²) in [5.41, 5.74) is 0.996. The Labute approximate surface area is 125 Å². The predicted molar refractivity (Wildman–Crippen MR) is 79.2 cm³/mol. The summed E-state index contributed by atoms with van der Waals surface area (Å²) >= 11 is 0. The van der Waals surface area contributed by atoms with Crippen molar-refractivity contribution in [2.45, 2.75) is 6.42 Å². The maximum atomic E-state index is 12.3. The maximum Gasteiger partial charge on any atom is 0.248 e. The van der Waals surface area contributed by atoms with Gasteiger partial charge in [0, 0.05) is 26.2 Å². The smallest absolute Gasteiger partial charge is 0.248 e. The van der Waals surface area contributed by atoms with Crippen molar-refractivity contribution in [3.05, 3.63) is 35.9 Å². The number of aliphatic hydroxyl groups excluding tert-OH is 1. The van der Waals surface area contributed by atoms with Crippen LogP contribution >= 0.6 is 0 Å². The third-order valence-electron chi connectivity index (χ3n) is 3.61. The van der Waals surface area contributed by atoms with Gasteiger partial charge in [0.2, 0.25) is 15.9 Å². The summed E-state index contributed by atoms with van der Waals surface area (Å²) in [6.07, 6.45) is 0.485. The first-order chi connectivity index (χ1) is 10.0.